The van der Waals surface area contributed by atoms with Gasteiger partial charge in [0.25, 0.3) is 5.91 Å². The molecule has 1 aromatic carbocycles. The molecule has 0 aliphatic carbocycles. The standard InChI is InChI=1S/C18H25N5O4.ClH/c1-25-15-9-17(27-3)16(26-2)8-12(15)10-20-18(24)14-11-23(22-21-14)13-4-6-19-7-5-13;/h8-9,11,13,19H,4-7,10H2,1-3H3,(H,20,24);1H. The van der Waals surface area contributed by atoms with Gasteiger partial charge in [0.1, 0.15) is 5.75 Å². The van der Waals surface area contributed by atoms with Crippen LogP contribution in [0.15, 0.2) is 18.3 Å². The minimum absolute atomic E-state index is 0. The Labute approximate surface area is 170 Å². The Morgan fingerprint density at radius 1 is 1.14 bits per heavy atom. The molecule has 0 radical (unpaired) electrons. The SMILES string of the molecule is COc1cc(OC)c(OC)cc1CNC(=O)c1cn(C2CCNCC2)nn1.Cl. The van der Waals surface area contributed by atoms with Crippen molar-refractivity contribution in [2.75, 3.05) is 34.4 Å². The zero-order valence-electron chi connectivity index (χ0n) is 16.2. The van der Waals surface area contributed by atoms with Crippen LogP contribution in [-0.4, -0.2) is 55.3 Å². The molecule has 1 aromatic heterocycles. The number of halogens is 1. The number of amides is 1. The van der Waals surface area contributed by atoms with Gasteiger partial charge in [-0.15, -0.1) is 17.5 Å². The summed E-state index contributed by atoms with van der Waals surface area (Å²) in [5.74, 6) is 1.45. The number of benzene rings is 1. The molecule has 0 unspecified atom stereocenters. The van der Waals surface area contributed by atoms with Gasteiger partial charge in [-0.3, -0.25) is 4.79 Å². The van der Waals surface area contributed by atoms with Crippen molar-refractivity contribution in [3.8, 4) is 17.2 Å². The van der Waals surface area contributed by atoms with Gasteiger partial charge < -0.3 is 24.8 Å². The third kappa shape index (κ3) is 4.85. The van der Waals surface area contributed by atoms with Crippen LogP contribution in [0.5, 0.6) is 17.2 Å². The number of nitrogens with one attached hydrogen (secondary N) is 2. The molecule has 10 heteroatoms. The van der Waals surface area contributed by atoms with E-state index in [9.17, 15) is 4.79 Å². The Hall–Kier alpha value is -2.52. The molecule has 0 spiro atoms. The van der Waals surface area contributed by atoms with E-state index >= 15 is 0 Å². The smallest absolute Gasteiger partial charge is 0.273 e. The van der Waals surface area contributed by atoms with Crippen LogP contribution < -0.4 is 24.8 Å². The number of rotatable bonds is 7. The van der Waals surface area contributed by atoms with Gasteiger partial charge in [-0.2, -0.15) is 0 Å². The molecule has 9 nitrogen and oxygen atoms in total. The van der Waals surface area contributed by atoms with Crippen molar-refractivity contribution in [1.29, 1.82) is 0 Å². The van der Waals surface area contributed by atoms with Crippen LogP contribution in [-0.2, 0) is 6.54 Å². The Bertz CT molecular complexity index is 792. The first-order chi connectivity index (χ1) is 13.2. The maximum Gasteiger partial charge on any atom is 0.273 e. The third-order valence-electron chi connectivity index (χ3n) is 4.65. The Balaban J connectivity index is 0.00000280. The molecular weight excluding hydrogens is 386 g/mol. The average Bonchev–Trinajstić information content (AvgIpc) is 3.22. The molecule has 1 aliphatic heterocycles. The molecule has 1 saturated heterocycles. The predicted molar refractivity (Wildman–Crippen MR) is 106 cm³/mol. The summed E-state index contributed by atoms with van der Waals surface area (Å²) in [5.41, 5.74) is 1.07. The number of hydrogen-bond acceptors (Lipinski definition) is 7. The summed E-state index contributed by atoms with van der Waals surface area (Å²) in [6, 6.07) is 3.80. The number of methoxy groups -OCH3 is 3. The van der Waals surface area contributed by atoms with E-state index in [-0.39, 0.29) is 30.9 Å². The van der Waals surface area contributed by atoms with Gasteiger partial charge in [-0.05, 0) is 32.0 Å². The normalized spacial score (nSPS) is 14.1. The van der Waals surface area contributed by atoms with Crippen LogP contribution in [0.3, 0.4) is 0 Å². The first kappa shape index (κ1) is 21.8. The fourth-order valence-corrected chi connectivity index (χ4v) is 3.13. The third-order valence-corrected chi connectivity index (χ3v) is 4.65. The number of carbonyl (C=O) groups excluding carboxylic acids is 1. The van der Waals surface area contributed by atoms with E-state index in [0.717, 1.165) is 31.5 Å². The Morgan fingerprint density at radius 2 is 1.79 bits per heavy atom. The molecular formula is C18H26ClN5O4. The van der Waals surface area contributed by atoms with Crippen molar-refractivity contribution < 1.29 is 19.0 Å². The van der Waals surface area contributed by atoms with E-state index in [1.165, 1.54) is 0 Å². The van der Waals surface area contributed by atoms with E-state index in [0.29, 0.717) is 22.9 Å². The van der Waals surface area contributed by atoms with Crippen molar-refractivity contribution >= 4 is 18.3 Å². The van der Waals surface area contributed by atoms with Gasteiger partial charge >= 0.3 is 0 Å². The Kier molecular flexibility index (Phi) is 7.89. The highest BCUT2D eigenvalue weighted by atomic mass is 35.5. The fraction of sp³-hybridized carbons (Fsp3) is 0.500. The van der Waals surface area contributed by atoms with E-state index in [2.05, 4.69) is 20.9 Å². The molecule has 1 amide bonds. The summed E-state index contributed by atoms with van der Waals surface area (Å²) in [4.78, 5) is 12.5. The number of aromatic nitrogens is 3. The molecule has 1 aliphatic rings. The maximum atomic E-state index is 12.5. The van der Waals surface area contributed by atoms with E-state index < -0.39 is 0 Å². The lowest BCUT2D eigenvalue weighted by Gasteiger charge is -2.22. The minimum atomic E-state index is -0.285. The van der Waals surface area contributed by atoms with Crippen LogP contribution in [0.1, 0.15) is 34.9 Å². The first-order valence-corrected chi connectivity index (χ1v) is 8.86. The molecule has 1 fully saturated rings. The zero-order valence-corrected chi connectivity index (χ0v) is 17.0. The minimum Gasteiger partial charge on any atom is -0.496 e. The van der Waals surface area contributed by atoms with Gasteiger partial charge in [0.2, 0.25) is 0 Å². The van der Waals surface area contributed by atoms with E-state index in [1.54, 1.807) is 44.3 Å². The van der Waals surface area contributed by atoms with Crippen molar-refractivity contribution in [2.24, 2.45) is 0 Å². The van der Waals surface area contributed by atoms with Gasteiger partial charge in [0.15, 0.2) is 17.2 Å². The van der Waals surface area contributed by atoms with E-state index in [4.69, 9.17) is 14.2 Å². The van der Waals surface area contributed by atoms with E-state index in [1.807, 2.05) is 0 Å². The number of hydrogen-bond donors (Lipinski definition) is 2. The molecule has 0 saturated carbocycles. The number of ether oxygens (including phenoxy) is 3. The van der Waals surface area contributed by atoms with Gasteiger partial charge in [0.05, 0.1) is 33.6 Å². The first-order valence-electron chi connectivity index (χ1n) is 8.86. The molecule has 154 valence electrons. The second-order valence-electron chi connectivity index (χ2n) is 6.27. The lowest BCUT2D eigenvalue weighted by molar-refractivity contribution is 0.0945. The molecule has 2 aromatic rings. The van der Waals surface area contributed by atoms with Crippen molar-refractivity contribution in [1.82, 2.24) is 25.6 Å². The highest BCUT2D eigenvalue weighted by molar-refractivity contribution is 5.91. The number of carbonyl (C=O) groups is 1. The van der Waals surface area contributed by atoms with Crippen molar-refractivity contribution in [2.45, 2.75) is 25.4 Å². The summed E-state index contributed by atoms with van der Waals surface area (Å²) < 4.78 is 17.8. The molecule has 0 bridgehead atoms. The van der Waals surface area contributed by atoms with Gasteiger partial charge in [-0.1, -0.05) is 5.21 Å². The van der Waals surface area contributed by atoms with Crippen molar-refractivity contribution in [3.05, 3.63) is 29.6 Å². The lowest BCUT2D eigenvalue weighted by Crippen LogP contribution is -2.29. The topological polar surface area (TPSA) is 99.5 Å². The predicted octanol–water partition coefficient (Wildman–Crippen LogP) is 1.58. The van der Waals surface area contributed by atoms with Crippen LogP contribution in [0.25, 0.3) is 0 Å². The summed E-state index contributed by atoms with van der Waals surface area (Å²) in [5, 5.41) is 14.3. The quantitative estimate of drug-likeness (QED) is 0.713. The summed E-state index contributed by atoms with van der Waals surface area (Å²) in [6.07, 6.45) is 3.66. The molecule has 3 rings (SSSR count). The van der Waals surface area contributed by atoms with Gasteiger partial charge in [-0.25, -0.2) is 4.68 Å². The summed E-state index contributed by atoms with van der Waals surface area (Å²) >= 11 is 0. The second kappa shape index (κ2) is 10.1. The van der Waals surface area contributed by atoms with Crippen molar-refractivity contribution in [3.63, 3.8) is 0 Å². The maximum absolute atomic E-state index is 12.5. The zero-order chi connectivity index (χ0) is 19.2. The average molecular weight is 412 g/mol. The monoisotopic (exact) mass is 411 g/mol. The van der Waals surface area contributed by atoms with Gasteiger partial charge in [0, 0.05) is 18.2 Å². The largest absolute Gasteiger partial charge is 0.496 e. The second-order valence-corrected chi connectivity index (χ2v) is 6.27. The highest BCUT2D eigenvalue weighted by Crippen LogP contribution is 2.34. The van der Waals surface area contributed by atoms with Crippen LogP contribution >= 0.6 is 12.4 Å². The fourth-order valence-electron chi connectivity index (χ4n) is 3.13. The Morgan fingerprint density at radius 3 is 2.43 bits per heavy atom. The summed E-state index contributed by atoms with van der Waals surface area (Å²) in [6.45, 7) is 2.17. The van der Waals surface area contributed by atoms with Crippen LogP contribution in [0.4, 0.5) is 0 Å². The number of nitrogens with zero attached hydrogens (tertiary/aromatic N) is 3. The lowest BCUT2D eigenvalue weighted by atomic mass is 10.1. The molecule has 2 N–H and O–H groups in total. The van der Waals surface area contributed by atoms with Crippen LogP contribution in [0.2, 0.25) is 0 Å². The van der Waals surface area contributed by atoms with Crippen LogP contribution in [0, 0.1) is 0 Å². The molecule has 2 heterocycles. The molecule has 28 heavy (non-hydrogen) atoms. The highest BCUT2D eigenvalue weighted by Gasteiger charge is 2.19. The molecule has 0 atom stereocenters. The number of piperidine rings is 1. The summed E-state index contributed by atoms with van der Waals surface area (Å²) in [7, 11) is 4.69.